The largest absolute Gasteiger partial charge is 0.371 e. The third-order valence-corrected chi connectivity index (χ3v) is 4.85. The van der Waals surface area contributed by atoms with Gasteiger partial charge in [-0.25, -0.2) is 0 Å². The van der Waals surface area contributed by atoms with Gasteiger partial charge in [0, 0.05) is 36.0 Å². The summed E-state index contributed by atoms with van der Waals surface area (Å²) in [5, 5.41) is 0.929. The van der Waals surface area contributed by atoms with Crippen molar-refractivity contribution >= 4 is 28.6 Å². The molecule has 0 saturated carbocycles. The van der Waals surface area contributed by atoms with Crippen molar-refractivity contribution in [2.75, 3.05) is 38.7 Å². The molecule has 1 atom stereocenters. The lowest BCUT2D eigenvalue weighted by Crippen LogP contribution is -2.45. The smallest absolute Gasteiger partial charge is 0.282 e. The fourth-order valence-corrected chi connectivity index (χ4v) is 3.63. The molecule has 6 heteroatoms. The summed E-state index contributed by atoms with van der Waals surface area (Å²) in [6.45, 7) is 3.84. The van der Waals surface area contributed by atoms with Gasteiger partial charge in [-0.1, -0.05) is 41.6 Å². The molecule has 2 heterocycles. The topological polar surface area (TPSA) is 32.8 Å². The Kier molecular flexibility index (Phi) is 4.51. The summed E-state index contributed by atoms with van der Waals surface area (Å²) < 4.78 is 5.83. The van der Waals surface area contributed by atoms with Gasteiger partial charge >= 0.3 is 0 Å². The average Bonchev–Trinajstić information content (AvgIpc) is 2.85. The molecule has 0 aliphatic carbocycles. The van der Waals surface area contributed by atoms with E-state index in [2.05, 4.69) is 4.90 Å². The van der Waals surface area contributed by atoms with Crippen molar-refractivity contribution in [3.63, 3.8) is 0 Å². The number of ether oxygens (including phenoxy) is 1. The molecule has 2 aliphatic heterocycles. The molecule has 0 unspecified atom stereocenters. The number of hydrogen-bond acceptors (Lipinski definition) is 4. The lowest BCUT2D eigenvalue weighted by Gasteiger charge is -2.35. The minimum absolute atomic E-state index is 0.0113. The van der Waals surface area contributed by atoms with Crippen LogP contribution in [0.5, 0.6) is 0 Å². The quantitative estimate of drug-likeness (QED) is 0.859. The van der Waals surface area contributed by atoms with E-state index in [1.807, 2.05) is 29.2 Å². The lowest BCUT2D eigenvalue weighted by atomic mass is 10.1. The summed E-state index contributed by atoms with van der Waals surface area (Å²) in [4.78, 5) is 15.8. The van der Waals surface area contributed by atoms with Crippen molar-refractivity contribution in [3.05, 3.63) is 34.9 Å². The Bertz CT molecular complexity index is 500. The Hall–Kier alpha value is -0.750. The van der Waals surface area contributed by atoms with Crippen LogP contribution in [0.3, 0.4) is 0 Å². The third-order valence-electron chi connectivity index (χ3n) is 3.62. The first-order valence-corrected chi connectivity index (χ1v) is 8.10. The van der Waals surface area contributed by atoms with E-state index in [-0.39, 0.29) is 11.3 Å². The molecule has 108 valence electrons. The van der Waals surface area contributed by atoms with Crippen LogP contribution in [-0.2, 0) is 4.74 Å². The molecule has 2 aliphatic rings. The van der Waals surface area contributed by atoms with E-state index in [9.17, 15) is 4.79 Å². The number of benzene rings is 1. The summed E-state index contributed by atoms with van der Waals surface area (Å²) in [7, 11) is 0. The first-order valence-electron chi connectivity index (χ1n) is 6.74. The highest BCUT2D eigenvalue weighted by Gasteiger charge is 2.28. The molecule has 20 heavy (non-hydrogen) atoms. The van der Waals surface area contributed by atoms with Gasteiger partial charge < -0.3 is 9.64 Å². The van der Waals surface area contributed by atoms with E-state index in [0.717, 1.165) is 36.0 Å². The van der Waals surface area contributed by atoms with Crippen LogP contribution in [0.25, 0.3) is 0 Å². The maximum atomic E-state index is 11.7. The fourth-order valence-electron chi connectivity index (χ4n) is 2.55. The van der Waals surface area contributed by atoms with Crippen LogP contribution in [0.15, 0.2) is 24.3 Å². The second-order valence-electron chi connectivity index (χ2n) is 4.98. The van der Waals surface area contributed by atoms with Crippen LogP contribution >= 0.6 is 23.4 Å². The maximum Gasteiger partial charge on any atom is 0.282 e. The molecule has 0 bridgehead atoms. The Balaban J connectivity index is 1.64. The number of hydrogen-bond donors (Lipinski definition) is 0. The summed E-state index contributed by atoms with van der Waals surface area (Å²) in [5.41, 5.74) is 1.03. The number of nitrogens with zero attached hydrogens (tertiary/aromatic N) is 2. The molecule has 3 rings (SSSR count). The van der Waals surface area contributed by atoms with Gasteiger partial charge in [0.1, 0.15) is 0 Å². The van der Waals surface area contributed by atoms with Crippen molar-refractivity contribution in [2.45, 2.75) is 6.10 Å². The number of carbonyl (C=O) groups is 1. The molecule has 0 aromatic heterocycles. The van der Waals surface area contributed by atoms with Gasteiger partial charge in [0.25, 0.3) is 5.24 Å². The minimum atomic E-state index is -0.0113. The van der Waals surface area contributed by atoms with Crippen LogP contribution in [0.4, 0.5) is 4.79 Å². The van der Waals surface area contributed by atoms with Crippen LogP contribution in [0.1, 0.15) is 11.7 Å². The van der Waals surface area contributed by atoms with E-state index in [1.54, 1.807) is 0 Å². The predicted octanol–water partition coefficient (Wildman–Crippen LogP) is 2.84. The number of halogens is 1. The molecule has 1 aromatic rings. The Morgan fingerprint density at radius 2 is 2.20 bits per heavy atom. The highest BCUT2D eigenvalue weighted by molar-refractivity contribution is 8.13. The van der Waals surface area contributed by atoms with Gasteiger partial charge in [-0.15, -0.1) is 0 Å². The lowest BCUT2D eigenvalue weighted by molar-refractivity contribution is -0.0408. The Labute approximate surface area is 128 Å². The Morgan fingerprint density at radius 3 is 2.95 bits per heavy atom. The number of carbonyl (C=O) groups excluding carboxylic acids is 1. The van der Waals surface area contributed by atoms with Gasteiger partial charge in [0.05, 0.1) is 19.4 Å². The first kappa shape index (κ1) is 14.2. The fraction of sp³-hybridized carbons (Fsp3) is 0.500. The molecule has 1 amide bonds. The van der Waals surface area contributed by atoms with Crippen LogP contribution in [0.2, 0.25) is 5.02 Å². The molecule has 2 saturated heterocycles. The molecule has 4 nitrogen and oxygen atoms in total. The summed E-state index contributed by atoms with van der Waals surface area (Å²) in [6.07, 6.45) is -0.0113. The van der Waals surface area contributed by atoms with Gasteiger partial charge in [-0.2, -0.15) is 0 Å². The predicted molar refractivity (Wildman–Crippen MR) is 81.1 cm³/mol. The van der Waals surface area contributed by atoms with E-state index >= 15 is 0 Å². The first-order chi connectivity index (χ1) is 9.74. The zero-order chi connectivity index (χ0) is 13.9. The molecule has 2 fully saturated rings. The SMILES string of the molecule is O=C1SCCN1CN1CCO[C@H](c2ccccc2Cl)C1. The summed E-state index contributed by atoms with van der Waals surface area (Å²) in [6, 6.07) is 7.80. The van der Waals surface area contributed by atoms with Crippen molar-refractivity contribution in [1.82, 2.24) is 9.80 Å². The van der Waals surface area contributed by atoms with E-state index in [1.165, 1.54) is 11.8 Å². The summed E-state index contributed by atoms with van der Waals surface area (Å²) in [5.74, 6) is 0.900. The molecule has 1 aromatic carbocycles. The normalized spacial score (nSPS) is 24.4. The van der Waals surface area contributed by atoms with Crippen molar-refractivity contribution in [2.24, 2.45) is 0 Å². The number of rotatable bonds is 3. The Morgan fingerprint density at radius 1 is 1.35 bits per heavy atom. The van der Waals surface area contributed by atoms with Crippen LogP contribution in [-0.4, -0.2) is 53.7 Å². The zero-order valence-corrected chi connectivity index (χ0v) is 12.7. The highest BCUT2D eigenvalue weighted by Crippen LogP contribution is 2.28. The molecule has 0 spiro atoms. The number of amides is 1. The number of thioether (sulfide) groups is 1. The zero-order valence-electron chi connectivity index (χ0n) is 11.1. The van der Waals surface area contributed by atoms with Gasteiger partial charge in [0.2, 0.25) is 0 Å². The third kappa shape index (κ3) is 3.11. The van der Waals surface area contributed by atoms with Crippen molar-refractivity contribution in [1.29, 1.82) is 0 Å². The molecular formula is C14H17ClN2O2S. The molecule has 0 N–H and O–H groups in total. The van der Waals surface area contributed by atoms with E-state index in [0.29, 0.717) is 13.3 Å². The monoisotopic (exact) mass is 312 g/mol. The second-order valence-corrected chi connectivity index (χ2v) is 6.43. The molecular weight excluding hydrogens is 296 g/mol. The average molecular weight is 313 g/mol. The van der Waals surface area contributed by atoms with Crippen LogP contribution in [0, 0.1) is 0 Å². The minimum Gasteiger partial charge on any atom is -0.371 e. The van der Waals surface area contributed by atoms with Gasteiger partial charge in [-0.05, 0) is 6.07 Å². The van der Waals surface area contributed by atoms with Crippen LogP contribution < -0.4 is 0 Å². The van der Waals surface area contributed by atoms with Gasteiger partial charge in [-0.3, -0.25) is 9.69 Å². The van der Waals surface area contributed by atoms with Crippen molar-refractivity contribution < 1.29 is 9.53 Å². The van der Waals surface area contributed by atoms with Crippen molar-refractivity contribution in [3.8, 4) is 0 Å². The summed E-state index contributed by atoms with van der Waals surface area (Å²) >= 11 is 7.63. The van der Waals surface area contributed by atoms with E-state index in [4.69, 9.17) is 16.3 Å². The molecule has 0 radical (unpaired) electrons. The van der Waals surface area contributed by atoms with E-state index < -0.39 is 0 Å². The highest BCUT2D eigenvalue weighted by atomic mass is 35.5. The standard InChI is InChI=1S/C14H17ClN2O2S/c15-12-4-2-1-3-11(12)13-9-16(5-7-19-13)10-17-6-8-20-14(17)18/h1-4,13H,5-10H2/t13-/m0/s1. The second kappa shape index (κ2) is 6.35. The number of morpholine rings is 1. The van der Waals surface area contributed by atoms with Gasteiger partial charge in [0.15, 0.2) is 0 Å². The maximum absolute atomic E-state index is 11.7.